The number of rotatable bonds is 6. The number of carbonyl (C=O) groups is 1. The molecular weight excluding hydrogens is 348 g/mol. The molecule has 0 fully saturated rings. The molecule has 0 aromatic heterocycles. The maximum atomic E-state index is 12.2. The lowest BCUT2D eigenvalue weighted by Gasteiger charge is -2.13. The van der Waals surface area contributed by atoms with Gasteiger partial charge < -0.3 is 14.6 Å². The van der Waals surface area contributed by atoms with Gasteiger partial charge in [-0.05, 0) is 36.2 Å². The van der Waals surface area contributed by atoms with Crippen LogP contribution >= 0.6 is 15.9 Å². The molecule has 0 aliphatic rings. The third-order valence-electron chi connectivity index (χ3n) is 3.35. The second-order valence-corrected chi connectivity index (χ2v) is 5.66. The number of phenolic OH excluding ortho intramolecular Hbond substituents is 1. The second-order valence-electron chi connectivity index (χ2n) is 4.74. The van der Waals surface area contributed by atoms with Gasteiger partial charge in [-0.2, -0.15) is 0 Å². The van der Waals surface area contributed by atoms with Crippen LogP contribution < -0.4 is 9.47 Å². The SMILES string of the molecule is COc1cc(Br)cc(CCC(=O)c2ccccc2O)c1OC. The first-order chi connectivity index (χ1) is 10.6. The summed E-state index contributed by atoms with van der Waals surface area (Å²) in [7, 11) is 3.14. The Balaban J connectivity index is 2.20. The number of benzene rings is 2. The van der Waals surface area contributed by atoms with Crippen LogP contribution in [0.3, 0.4) is 0 Å². The number of ketones is 1. The van der Waals surface area contributed by atoms with Crippen LogP contribution in [0.5, 0.6) is 17.2 Å². The number of carbonyl (C=O) groups excluding carboxylic acids is 1. The van der Waals surface area contributed by atoms with Gasteiger partial charge in [-0.15, -0.1) is 0 Å². The number of methoxy groups -OCH3 is 2. The van der Waals surface area contributed by atoms with E-state index in [4.69, 9.17) is 9.47 Å². The molecule has 2 rings (SSSR count). The fourth-order valence-electron chi connectivity index (χ4n) is 2.28. The van der Waals surface area contributed by atoms with E-state index in [0.29, 0.717) is 23.5 Å². The largest absolute Gasteiger partial charge is 0.507 e. The topological polar surface area (TPSA) is 55.8 Å². The normalized spacial score (nSPS) is 10.3. The molecule has 2 aromatic rings. The van der Waals surface area contributed by atoms with Gasteiger partial charge in [0.2, 0.25) is 0 Å². The molecule has 4 nitrogen and oxygen atoms in total. The zero-order valence-electron chi connectivity index (χ0n) is 12.4. The number of aromatic hydroxyl groups is 1. The van der Waals surface area contributed by atoms with Crippen LogP contribution in [0.2, 0.25) is 0 Å². The molecular formula is C17H17BrO4. The molecule has 0 saturated heterocycles. The van der Waals surface area contributed by atoms with Gasteiger partial charge in [-0.25, -0.2) is 0 Å². The molecule has 0 radical (unpaired) electrons. The standard InChI is InChI=1S/C17H17BrO4/c1-21-16-10-12(18)9-11(17(16)22-2)7-8-15(20)13-5-3-4-6-14(13)19/h3-6,9-10,19H,7-8H2,1-2H3. The maximum Gasteiger partial charge on any atom is 0.166 e. The van der Waals surface area contributed by atoms with Crippen molar-refractivity contribution in [3.63, 3.8) is 0 Å². The van der Waals surface area contributed by atoms with Crippen LogP contribution in [0, 0.1) is 0 Å². The summed E-state index contributed by atoms with van der Waals surface area (Å²) in [6, 6.07) is 10.3. The molecule has 0 bridgehead atoms. The lowest BCUT2D eigenvalue weighted by atomic mass is 10.0. The van der Waals surface area contributed by atoms with Gasteiger partial charge in [0.15, 0.2) is 17.3 Å². The summed E-state index contributed by atoms with van der Waals surface area (Å²) in [5, 5.41) is 9.73. The monoisotopic (exact) mass is 364 g/mol. The van der Waals surface area contributed by atoms with Crippen molar-refractivity contribution in [1.82, 2.24) is 0 Å². The number of hydrogen-bond donors (Lipinski definition) is 1. The van der Waals surface area contributed by atoms with Crippen molar-refractivity contribution in [3.05, 3.63) is 52.0 Å². The summed E-state index contributed by atoms with van der Waals surface area (Å²) in [6.07, 6.45) is 0.764. The molecule has 2 aromatic carbocycles. The molecule has 0 spiro atoms. The van der Waals surface area contributed by atoms with Crippen LogP contribution in [0.15, 0.2) is 40.9 Å². The lowest BCUT2D eigenvalue weighted by molar-refractivity contribution is 0.0980. The summed E-state index contributed by atoms with van der Waals surface area (Å²) >= 11 is 3.42. The molecule has 22 heavy (non-hydrogen) atoms. The summed E-state index contributed by atoms with van der Waals surface area (Å²) < 4.78 is 11.5. The summed E-state index contributed by atoms with van der Waals surface area (Å²) in [4.78, 5) is 12.2. The van der Waals surface area contributed by atoms with Gasteiger partial charge in [-0.1, -0.05) is 28.1 Å². The number of aryl methyl sites for hydroxylation is 1. The van der Waals surface area contributed by atoms with Crippen molar-refractivity contribution in [2.45, 2.75) is 12.8 Å². The van der Waals surface area contributed by atoms with Crippen LogP contribution in [-0.4, -0.2) is 25.1 Å². The molecule has 1 N–H and O–H groups in total. The van der Waals surface area contributed by atoms with E-state index in [1.165, 1.54) is 6.07 Å². The van der Waals surface area contributed by atoms with E-state index in [1.54, 1.807) is 32.4 Å². The number of ether oxygens (including phenoxy) is 2. The Labute approximate surface area is 137 Å². The predicted molar refractivity (Wildman–Crippen MR) is 88.0 cm³/mol. The fraction of sp³-hybridized carbons (Fsp3) is 0.235. The highest BCUT2D eigenvalue weighted by Crippen LogP contribution is 2.35. The van der Waals surface area contributed by atoms with E-state index in [9.17, 15) is 9.90 Å². The highest BCUT2D eigenvalue weighted by atomic mass is 79.9. The number of Topliss-reactive ketones (excluding diaryl/α,β-unsaturated/α-hetero) is 1. The summed E-state index contributed by atoms with van der Waals surface area (Å²) in [5.74, 6) is 1.13. The minimum absolute atomic E-state index is 0.00582. The molecule has 0 unspecified atom stereocenters. The van der Waals surface area contributed by atoms with Gasteiger partial charge in [0.05, 0.1) is 19.8 Å². The van der Waals surface area contributed by atoms with E-state index in [-0.39, 0.29) is 18.0 Å². The quantitative estimate of drug-likeness (QED) is 0.787. The molecule has 5 heteroatoms. The Morgan fingerprint density at radius 3 is 2.55 bits per heavy atom. The summed E-state index contributed by atoms with van der Waals surface area (Å²) in [6.45, 7) is 0. The number of phenols is 1. The average molecular weight is 365 g/mol. The van der Waals surface area contributed by atoms with Crippen molar-refractivity contribution in [1.29, 1.82) is 0 Å². The van der Waals surface area contributed by atoms with Crippen LogP contribution in [0.1, 0.15) is 22.3 Å². The Hall–Kier alpha value is -2.01. The Kier molecular flexibility index (Phi) is 5.44. The first-order valence-electron chi connectivity index (χ1n) is 6.78. The van der Waals surface area contributed by atoms with Gasteiger partial charge in [0, 0.05) is 10.9 Å². The third-order valence-corrected chi connectivity index (χ3v) is 3.80. The molecule has 0 amide bonds. The van der Waals surface area contributed by atoms with Crippen LogP contribution in [0.4, 0.5) is 0 Å². The van der Waals surface area contributed by atoms with Crippen LogP contribution in [-0.2, 0) is 6.42 Å². The average Bonchev–Trinajstić information content (AvgIpc) is 2.52. The van der Waals surface area contributed by atoms with Crippen LogP contribution in [0.25, 0.3) is 0 Å². The highest BCUT2D eigenvalue weighted by Gasteiger charge is 2.15. The van der Waals surface area contributed by atoms with Crippen molar-refractivity contribution in [2.24, 2.45) is 0 Å². The Morgan fingerprint density at radius 1 is 1.18 bits per heavy atom. The zero-order chi connectivity index (χ0) is 16.1. The van der Waals surface area contributed by atoms with Crippen molar-refractivity contribution in [2.75, 3.05) is 14.2 Å². The molecule has 0 heterocycles. The second kappa shape index (κ2) is 7.31. The lowest BCUT2D eigenvalue weighted by Crippen LogP contribution is -2.03. The minimum Gasteiger partial charge on any atom is -0.507 e. The molecule has 0 saturated carbocycles. The number of halogens is 1. The number of hydrogen-bond acceptors (Lipinski definition) is 4. The van der Waals surface area contributed by atoms with E-state index in [2.05, 4.69) is 15.9 Å². The zero-order valence-corrected chi connectivity index (χ0v) is 14.0. The smallest absolute Gasteiger partial charge is 0.166 e. The van der Waals surface area contributed by atoms with E-state index >= 15 is 0 Å². The van der Waals surface area contributed by atoms with E-state index in [1.807, 2.05) is 12.1 Å². The fourth-order valence-corrected chi connectivity index (χ4v) is 2.77. The first-order valence-corrected chi connectivity index (χ1v) is 7.57. The van der Waals surface area contributed by atoms with Gasteiger partial charge in [-0.3, -0.25) is 4.79 Å². The summed E-state index contributed by atoms with van der Waals surface area (Å²) in [5.41, 5.74) is 1.21. The van der Waals surface area contributed by atoms with Crippen molar-refractivity contribution in [3.8, 4) is 17.2 Å². The van der Waals surface area contributed by atoms with Gasteiger partial charge in [0.1, 0.15) is 5.75 Å². The Bertz CT molecular complexity index is 682. The third kappa shape index (κ3) is 3.60. The highest BCUT2D eigenvalue weighted by molar-refractivity contribution is 9.10. The van der Waals surface area contributed by atoms with E-state index < -0.39 is 0 Å². The molecule has 0 aliphatic heterocycles. The predicted octanol–water partition coefficient (Wildman–Crippen LogP) is 3.99. The van der Waals surface area contributed by atoms with Crippen molar-refractivity contribution >= 4 is 21.7 Å². The van der Waals surface area contributed by atoms with Gasteiger partial charge in [0.25, 0.3) is 0 Å². The van der Waals surface area contributed by atoms with Crippen molar-refractivity contribution < 1.29 is 19.4 Å². The molecule has 0 aliphatic carbocycles. The van der Waals surface area contributed by atoms with Gasteiger partial charge >= 0.3 is 0 Å². The number of para-hydroxylation sites is 1. The first kappa shape index (κ1) is 16.4. The molecule has 116 valence electrons. The maximum absolute atomic E-state index is 12.2. The molecule has 0 atom stereocenters. The Morgan fingerprint density at radius 2 is 1.91 bits per heavy atom. The van der Waals surface area contributed by atoms with E-state index in [0.717, 1.165) is 10.0 Å². The minimum atomic E-state index is -0.112.